The van der Waals surface area contributed by atoms with Crippen LogP contribution >= 0.6 is 0 Å². The summed E-state index contributed by atoms with van der Waals surface area (Å²) in [6.07, 6.45) is 7.32. The van der Waals surface area contributed by atoms with Crippen LogP contribution in [-0.4, -0.2) is 35.2 Å². The van der Waals surface area contributed by atoms with Gasteiger partial charge in [0.05, 0.1) is 6.10 Å². The van der Waals surface area contributed by atoms with Crippen LogP contribution in [0.4, 0.5) is 0 Å². The maximum absolute atomic E-state index is 9.92. The van der Waals surface area contributed by atoms with Gasteiger partial charge in [0.1, 0.15) is 0 Å². The van der Waals surface area contributed by atoms with Crippen molar-refractivity contribution in [3.8, 4) is 0 Å². The molecule has 2 unspecified atom stereocenters. The summed E-state index contributed by atoms with van der Waals surface area (Å²) >= 11 is 0. The Morgan fingerprint density at radius 1 is 1.07 bits per heavy atom. The number of likely N-dealkylation sites (tertiary alicyclic amines) is 1. The predicted octanol–water partition coefficient (Wildman–Crippen LogP) is 2.41. The number of hydrogen-bond donors (Lipinski definition) is 1. The Hall–Kier alpha value is -0.0800. The third-order valence-corrected chi connectivity index (χ3v) is 4.29. The lowest BCUT2D eigenvalue weighted by Crippen LogP contribution is -2.41. The molecule has 0 aromatic rings. The van der Waals surface area contributed by atoms with Gasteiger partial charge in [0.15, 0.2) is 0 Å². The van der Waals surface area contributed by atoms with Gasteiger partial charge < -0.3 is 5.11 Å². The van der Waals surface area contributed by atoms with Gasteiger partial charge >= 0.3 is 0 Å². The van der Waals surface area contributed by atoms with Crippen LogP contribution in [-0.2, 0) is 0 Å². The molecule has 2 atom stereocenters. The minimum atomic E-state index is -0.0498. The summed E-state index contributed by atoms with van der Waals surface area (Å²) in [5, 5.41) is 9.92. The standard InChI is InChI=1S/C13H25NO/c1-13(2)7-4-9-14(10-8-13)11-5-3-6-12(11)15/h11-12,15H,3-10H2,1-2H3. The Labute approximate surface area is 93.7 Å². The summed E-state index contributed by atoms with van der Waals surface area (Å²) < 4.78 is 0. The molecule has 1 aliphatic heterocycles. The van der Waals surface area contributed by atoms with Crippen LogP contribution in [0.1, 0.15) is 52.4 Å². The topological polar surface area (TPSA) is 23.5 Å². The molecule has 2 aliphatic rings. The molecule has 2 rings (SSSR count). The van der Waals surface area contributed by atoms with Crippen LogP contribution in [0, 0.1) is 5.41 Å². The second-order valence-corrected chi connectivity index (χ2v) is 6.12. The molecule has 2 nitrogen and oxygen atoms in total. The predicted molar refractivity (Wildman–Crippen MR) is 62.9 cm³/mol. The quantitative estimate of drug-likeness (QED) is 0.720. The minimum Gasteiger partial charge on any atom is -0.391 e. The third-order valence-electron chi connectivity index (χ3n) is 4.29. The normalized spacial score (nSPS) is 37.8. The van der Waals surface area contributed by atoms with Gasteiger partial charge in [-0.2, -0.15) is 0 Å². The molecule has 88 valence electrons. The Morgan fingerprint density at radius 2 is 1.87 bits per heavy atom. The van der Waals surface area contributed by atoms with Crippen LogP contribution in [0.2, 0.25) is 0 Å². The van der Waals surface area contributed by atoms with E-state index in [9.17, 15) is 5.11 Å². The van der Waals surface area contributed by atoms with E-state index in [2.05, 4.69) is 18.7 Å². The highest BCUT2D eigenvalue weighted by Crippen LogP contribution is 2.33. The molecule has 0 aromatic carbocycles. The van der Waals surface area contributed by atoms with Crippen molar-refractivity contribution in [2.45, 2.75) is 64.5 Å². The Balaban J connectivity index is 1.93. The molecule has 15 heavy (non-hydrogen) atoms. The summed E-state index contributed by atoms with van der Waals surface area (Å²) in [4.78, 5) is 2.55. The lowest BCUT2D eigenvalue weighted by Gasteiger charge is -2.30. The van der Waals surface area contributed by atoms with Crippen LogP contribution in [0.15, 0.2) is 0 Å². The largest absolute Gasteiger partial charge is 0.391 e. The van der Waals surface area contributed by atoms with Crippen molar-refractivity contribution < 1.29 is 5.11 Å². The number of aliphatic hydroxyl groups is 1. The number of nitrogens with zero attached hydrogens (tertiary/aromatic N) is 1. The molecule has 2 fully saturated rings. The van der Waals surface area contributed by atoms with E-state index in [0.29, 0.717) is 11.5 Å². The number of rotatable bonds is 1. The summed E-state index contributed by atoms with van der Waals surface area (Å²) in [6.45, 7) is 7.14. The second kappa shape index (κ2) is 4.42. The van der Waals surface area contributed by atoms with E-state index < -0.39 is 0 Å². The van der Waals surface area contributed by atoms with E-state index in [4.69, 9.17) is 0 Å². The Bertz CT molecular complexity index is 215. The van der Waals surface area contributed by atoms with E-state index >= 15 is 0 Å². The molecule has 2 heteroatoms. The first-order chi connectivity index (χ1) is 7.08. The fourth-order valence-electron chi connectivity index (χ4n) is 3.12. The molecule has 1 saturated heterocycles. The minimum absolute atomic E-state index is 0.0498. The van der Waals surface area contributed by atoms with Crippen LogP contribution in [0.3, 0.4) is 0 Å². The van der Waals surface area contributed by atoms with Gasteiger partial charge in [0.2, 0.25) is 0 Å². The fourth-order valence-corrected chi connectivity index (χ4v) is 3.12. The summed E-state index contributed by atoms with van der Waals surface area (Å²) in [7, 11) is 0. The Kier molecular flexibility index (Phi) is 3.36. The molecule has 0 radical (unpaired) electrons. The molecule has 1 heterocycles. The zero-order valence-corrected chi connectivity index (χ0v) is 10.2. The van der Waals surface area contributed by atoms with Gasteiger partial charge in [-0.25, -0.2) is 0 Å². The highest BCUT2D eigenvalue weighted by Gasteiger charge is 2.33. The number of aliphatic hydroxyl groups excluding tert-OH is 1. The number of hydrogen-bond acceptors (Lipinski definition) is 2. The van der Waals surface area contributed by atoms with E-state index in [-0.39, 0.29) is 6.10 Å². The molecule has 1 N–H and O–H groups in total. The van der Waals surface area contributed by atoms with Crippen molar-refractivity contribution in [1.82, 2.24) is 4.90 Å². The van der Waals surface area contributed by atoms with Crippen molar-refractivity contribution in [2.75, 3.05) is 13.1 Å². The first-order valence-corrected chi connectivity index (χ1v) is 6.51. The van der Waals surface area contributed by atoms with E-state index in [1.54, 1.807) is 0 Å². The second-order valence-electron chi connectivity index (χ2n) is 6.12. The molecule has 1 aliphatic carbocycles. The van der Waals surface area contributed by atoms with E-state index in [1.165, 1.54) is 45.2 Å². The lowest BCUT2D eigenvalue weighted by molar-refractivity contribution is 0.0710. The molecule has 0 aromatic heterocycles. The summed E-state index contributed by atoms with van der Waals surface area (Å²) in [5.41, 5.74) is 0.512. The maximum Gasteiger partial charge on any atom is 0.0695 e. The van der Waals surface area contributed by atoms with Gasteiger partial charge in [-0.15, -0.1) is 0 Å². The molecular weight excluding hydrogens is 186 g/mol. The van der Waals surface area contributed by atoms with Crippen molar-refractivity contribution >= 4 is 0 Å². The Morgan fingerprint density at radius 3 is 2.53 bits per heavy atom. The monoisotopic (exact) mass is 211 g/mol. The molecule has 1 saturated carbocycles. The first-order valence-electron chi connectivity index (χ1n) is 6.51. The van der Waals surface area contributed by atoms with Crippen LogP contribution < -0.4 is 0 Å². The van der Waals surface area contributed by atoms with Gasteiger partial charge in [0, 0.05) is 6.04 Å². The van der Waals surface area contributed by atoms with Crippen LogP contribution in [0.5, 0.6) is 0 Å². The SMILES string of the molecule is CC1(C)CCCN(C2CCCC2O)CC1. The molecule has 0 spiro atoms. The van der Waals surface area contributed by atoms with Crippen molar-refractivity contribution in [2.24, 2.45) is 5.41 Å². The van der Waals surface area contributed by atoms with Crippen LogP contribution in [0.25, 0.3) is 0 Å². The maximum atomic E-state index is 9.92. The first kappa shape index (κ1) is 11.4. The molecule has 0 amide bonds. The van der Waals surface area contributed by atoms with Gasteiger partial charge in [0.25, 0.3) is 0 Å². The van der Waals surface area contributed by atoms with Crippen molar-refractivity contribution in [3.05, 3.63) is 0 Å². The average molecular weight is 211 g/mol. The summed E-state index contributed by atoms with van der Waals surface area (Å²) in [6, 6.07) is 0.471. The third kappa shape index (κ3) is 2.73. The average Bonchev–Trinajstić information content (AvgIpc) is 2.49. The van der Waals surface area contributed by atoms with Gasteiger partial charge in [-0.05, 0) is 57.0 Å². The highest BCUT2D eigenvalue weighted by molar-refractivity contribution is 4.87. The lowest BCUT2D eigenvalue weighted by atomic mass is 9.85. The zero-order valence-electron chi connectivity index (χ0n) is 10.2. The highest BCUT2D eigenvalue weighted by atomic mass is 16.3. The van der Waals surface area contributed by atoms with E-state index in [0.717, 1.165) is 6.42 Å². The molecular formula is C13H25NO. The smallest absolute Gasteiger partial charge is 0.0695 e. The van der Waals surface area contributed by atoms with Crippen molar-refractivity contribution in [1.29, 1.82) is 0 Å². The van der Waals surface area contributed by atoms with Gasteiger partial charge in [-0.3, -0.25) is 4.90 Å². The fraction of sp³-hybridized carbons (Fsp3) is 1.00. The summed E-state index contributed by atoms with van der Waals surface area (Å²) in [5.74, 6) is 0. The van der Waals surface area contributed by atoms with E-state index in [1.807, 2.05) is 0 Å². The molecule has 0 bridgehead atoms. The van der Waals surface area contributed by atoms with Crippen molar-refractivity contribution in [3.63, 3.8) is 0 Å². The zero-order chi connectivity index (χ0) is 10.9. The van der Waals surface area contributed by atoms with Gasteiger partial charge in [-0.1, -0.05) is 13.8 Å².